The van der Waals surface area contributed by atoms with Gasteiger partial charge in [-0.15, -0.1) is 0 Å². The predicted molar refractivity (Wildman–Crippen MR) is 69.6 cm³/mol. The maximum atomic E-state index is 11.5. The summed E-state index contributed by atoms with van der Waals surface area (Å²) in [4.78, 5) is 21.7. The van der Waals surface area contributed by atoms with Gasteiger partial charge < -0.3 is 10.6 Å². The lowest BCUT2D eigenvalue weighted by atomic mass is 10.2. The van der Waals surface area contributed by atoms with Gasteiger partial charge in [0.1, 0.15) is 0 Å². The average molecular weight is 251 g/mol. The number of hydrogen-bond acceptors (Lipinski definition) is 4. The van der Waals surface area contributed by atoms with Crippen molar-refractivity contribution in [2.45, 2.75) is 20.3 Å². The number of nitro benzene ring substituents is 1. The van der Waals surface area contributed by atoms with Crippen LogP contribution in [0.15, 0.2) is 18.2 Å². The molecule has 0 spiro atoms. The van der Waals surface area contributed by atoms with Crippen molar-refractivity contribution in [3.63, 3.8) is 0 Å². The van der Waals surface area contributed by atoms with Crippen LogP contribution in [0.2, 0.25) is 0 Å². The monoisotopic (exact) mass is 251 g/mol. The van der Waals surface area contributed by atoms with Gasteiger partial charge in [0.25, 0.3) is 5.69 Å². The fourth-order valence-electron chi connectivity index (χ4n) is 1.52. The number of hydrogen-bond donors (Lipinski definition) is 2. The smallest absolute Gasteiger partial charge is 0.272 e. The minimum Gasteiger partial charge on any atom is -0.325 e. The predicted octanol–water partition coefficient (Wildman–Crippen LogP) is 1.84. The van der Waals surface area contributed by atoms with Crippen LogP contribution in [0.25, 0.3) is 0 Å². The first-order chi connectivity index (χ1) is 8.54. The maximum Gasteiger partial charge on any atom is 0.272 e. The van der Waals surface area contributed by atoms with Crippen molar-refractivity contribution in [2.75, 3.05) is 18.4 Å². The van der Waals surface area contributed by atoms with Crippen LogP contribution < -0.4 is 10.6 Å². The molecule has 18 heavy (non-hydrogen) atoms. The summed E-state index contributed by atoms with van der Waals surface area (Å²) in [5.74, 6) is -0.156. The van der Waals surface area contributed by atoms with E-state index in [2.05, 4.69) is 10.6 Å². The van der Waals surface area contributed by atoms with Gasteiger partial charge in [-0.1, -0.05) is 6.92 Å². The Hall–Kier alpha value is -1.95. The first-order valence-electron chi connectivity index (χ1n) is 5.80. The highest BCUT2D eigenvalue weighted by Gasteiger charge is 2.11. The summed E-state index contributed by atoms with van der Waals surface area (Å²) in [7, 11) is 0. The third-order valence-electron chi connectivity index (χ3n) is 2.39. The van der Waals surface area contributed by atoms with E-state index in [0.29, 0.717) is 11.3 Å². The molecule has 1 rings (SSSR count). The second kappa shape index (κ2) is 6.70. The fraction of sp³-hybridized carbons (Fsp3) is 0.417. The number of nitro groups is 1. The highest BCUT2D eigenvalue weighted by atomic mass is 16.6. The van der Waals surface area contributed by atoms with E-state index >= 15 is 0 Å². The molecule has 2 N–H and O–H groups in total. The number of amides is 1. The number of benzene rings is 1. The first-order valence-corrected chi connectivity index (χ1v) is 5.80. The minimum absolute atomic E-state index is 0.0529. The van der Waals surface area contributed by atoms with E-state index in [1.165, 1.54) is 12.1 Å². The van der Waals surface area contributed by atoms with Crippen molar-refractivity contribution in [2.24, 2.45) is 0 Å². The van der Waals surface area contributed by atoms with Crippen molar-refractivity contribution < 1.29 is 9.72 Å². The molecule has 0 aliphatic heterocycles. The lowest BCUT2D eigenvalue weighted by molar-refractivity contribution is -0.385. The highest BCUT2D eigenvalue weighted by molar-refractivity contribution is 5.92. The van der Waals surface area contributed by atoms with Gasteiger partial charge in [0, 0.05) is 17.3 Å². The second-order valence-electron chi connectivity index (χ2n) is 3.98. The van der Waals surface area contributed by atoms with Crippen LogP contribution in [0, 0.1) is 17.0 Å². The number of nitrogens with one attached hydrogen (secondary N) is 2. The van der Waals surface area contributed by atoms with Crippen molar-refractivity contribution in [1.82, 2.24) is 5.32 Å². The summed E-state index contributed by atoms with van der Waals surface area (Å²) >= 11 is 0. The van der Waals surface area contributed by atoms with E-state index in [0.717, 1.165) is 13.0 Å². The van der Waals surface area contributed by atoms with Crippen LogP contribution in [0.5, 0.6) is 0 Å². The van der Waals surface area contributed by atoms with E-state index < -0.39 is 4.92 Å². The average Bonchev–Trinajstić information content (AvgIpc) is 2.28. The van der Waals surface area contributed by atoms with E-state index in [1.54, 1.807) is 13.0 Å². The van der Waals surface area contributed by atoms with Gasteiger partial charge in [0.15, 0.2) is 0 Å². The third-order valence-corrected chi connectivity index (χ3v) is 2.39. The molecular formula is C12H17N3O3. The molecule has 0 atom stereocenters. The Kier molecular flexibility index (Phi) is 5.26. The zero-order valence-electron chi connectivity index (χ0n) is 10.5. The highest BCUT2D eigenvalue weighted by Crippen LogP contribution is 2.21. The molecule has 0 aliphatic rings. The molecule has 0 fully saturated rings. The number of aryl methyl sites for hydroxylation is 1. The Balaban J connectivity index is 2.60. The van der Waals surface area contributed by atoms with Gasteiger partial charge in [-0.2, -0.15) is 0 Å². The molecule has 1 aromatic carbocycles. The number of carbonyl (C=O) groups excluding carboxylic acids is 1. The molecule has 1 amide bonds. The van der Waals surface area contributed by atoms with Gasteiger partial charge >= 0.3 is 0 Å². The molecule has 0 bridgehead atoms. The SMILES string of the molecule is CCCNCC(=O)Nc1ccc([N+](=O)[O-])c(C)c1. The summed E-state index contributed by atoms with van der Waals surface area (Å²) < 4.78 is 0. The summed E-state index contributed by atoms with van der Waals surface area (Å²) in [5, 5.41) is 16.3. The van der Waals surface area contributed by atoms with E-state index in [9.17, 15) is 14.9 Å². The quantitative estimate of drug-likeness (QED) is 0.459. The van der Waals surface area contributed by atoms with E-state index in [-0.39, 0.29) is 18.1 Å². The Bertz CT molecular complexity index is 446. The number of nitrogens with zero attached hydrogens (tertiary/aromatic N) is 1. The van der Waals surface area contributed by atoms with Crippen LogP contribution >= 0.6 is 0 Å². The lowest BCUT2D eigenvalue weighted by Crippen LogP contribution is -2.28. The molecule has 98 valence electrons. The number of rotatable bonds is 6. The zero-order chi connectivity index (χ0) is 13.5. The Morgan fingerprint density at radius 2 is 2.17 bits per heavy atom. The molecule has 0 aromatic heterocycles. The van der Waals surface area contributed by atoms with Gasteiger partial charge in [-0.25, -0.2) is 0 Å². The standard InChI is InChI=1S/C12H17N3O3/c1-3-6-13-8-12(16)14-10-4-5-11(15(17)18)9(2)7-10/h4-5,7,13H,3,6,8H2,1-2H3,(H,14,16). The summed E-state index contributed by atoms with van der Waals surface area (Å²) in [6.07, 6.45) is 0.962. The van der Waals surface area contributed by atoms with E-state index in [1.807, 2.05) is 6.92 Å². The molecule has 0 radical (unpaired) electrons. The Morgan fingerprint density at radius 1 is 1.44 bits per heavy atom. The molecule has 0 aliphatic carbocycles. The van der Waals surface area contributed by atoms with Crippen molar-refractivity contribution in [3.05, 3.63) is 33.9 Å². The van der Waals surface area contributed by atoms with E-state index in [4.69, 9.17) is 0 Å². The normalized spacial score (nSPS) is 10.1. The molecule has 0 unspecified atom stereocenters. The van der Waals surface area contributed by atoms with Crippen molar-refractivity contribution >= 4 is 17.3 Å². The largest absolute Gasteiger partial charge is 0.325 e. The van der Waals surface area contributed by atoms with Crippen LogP contribution in [0.4, 0.5) is 11.4 Å². The molecule has 0 saturated heterocycles. The summed E-state index contributed by atoms with van der Waals surface area (Å²) in [6, 6.07) is 4.52. The Labute approximate surface area is 106 Å². The first kappa shape index (κ1) is 14.1. The fourth-order valence-corrected chi connectivity index (χ4v) is 1.52. The molecule has 1 aromatic rings. The lowest BCUT2D eigenvalue weighted by Gasteiger charge is -2.07. The number of anilines is 1. The van der Waals surface area contributed by atoms with Gasteiger partial charge in [0.05, 0.1) is 11.5 Å². The molecule has 0 heterocycles. The molecule has 6 heteroatoms. The van der Waals surface area contributed by atoms with Crippen LogP contribution in [-0.4, -0.2) is 23.9 Å². The zero-order valence-corrected chi connectivity index (χ0v) is 10.5. The van der Waals surface area contributed by atoms with Crippen LogP contribution in [-0.2, 0) is 4.79 Å². The third kappa shape index (κ3) is 4.14. The van der Waals surface area contributed by atoms with Crippen molar-refractivity contribution in [1.29, 1.82) is 0 Å². The summed E-state index contributed by atoms with van der Waals surface area (Å²) in [5.41, 5.74) is 1.15. The van der Waals surface area contributed by atoms with Crippen LogP contribution in [0.1, 0.15) is 18.9 Å². The second-order valence-corrected chi connectivity index (χ2v) is 3.98. The maximum absolute atomic E-state index is 11.5. The minimum atomic E-state index is -0.441. The van der Waals surface area contributed by atoms with Gasteiger partial charge in [-0.3, -0.25) is 14.9 Å². The van der Waals surface area contributed by atoms with Gasteiger partial charge in [-0.05, 0) is 32.0 Å². The molecular weight excluding hydrogens is 234 g/mol. The van der Waals surface area contributed by atoms with Crippen LogP contribution in [0.3, 0.4) is 0 Å². The summed E-state index contributed by atoms with van der Waals surface area (Å²) in [6.45, 7) is 4.68. The molecule has 0 saturated carbocycles. The van der Waals surface area contributed by atoms with Gasteiger partial charge in [0.2, 0.25) is 5.91 Å². The number of carbonyl (C=O) groups is 1. The van der Waals surface area contributed by atoms with Crippen molar-refractivity contribution in [3.8, 4) is 0 Å². The molecule has 6 nitrogen and oxygen atoms in total. The topological polar surface area (TPSA) is 84.3 Å². The Morgan fingerprint density at radius 3 is 2.72 bits per heavy atom.